The fourth-order valence-corrected chi connectivity index (χ4v) is 2.77. The van der Waals surface area contributed by atoms with Crippen molar-refractivity contribution in [2.45, 2.75) is 6.54 Å². The number of fused-ring (bicyclic) bond motifs is 1. The molecule has 0 fully saturated rings. The third-order valence-corrected chi connectivity index (χ3v) is 3.90. The van der Waals surface area contributed by atoms with Crippen LogP contribution >= 0.6 is 11.3 Å². The van der Waals surface area contributed by atoms with Gasteiger partial charge in [-0.1, -0.05) is 18.2 Å². The minimum atomic E-state index is -0.141. The number of benzene rings is 1. The van der Waals surface area contributed by atoms with Gasteiger partial charge in [-0.15, -0.1) is 11.3 Å². The summed E-state index contributed by atoms with van der Waals surface area (Å²) in [7, 11) is 0. The predicted octanol–water partition coefficient (Wildman–Crippen LogP) is 3.02. The van der Waals surface area contributed by atoms with Crippen molar-refractivity contribution in [1.29, 1.82) is 0 Å². The molecule has 0 aliphatic heterocycles. The molecule has 4 nitrogen and oxygen atoms in total. The summed E-state index contributed by atoms with van der Waals surface area (Å²) in [4.78, 5) is 20.2. The molecule has 0 saturated carbocycles. The molecule has 0 radical (unpaired) electrons. The standard InChI is InChI=1S/C16H13N3OS/c20-15(8-7-12-4-3-9-17-10-12)18-11-16-19-13-5-1-2-6-14(13)21-16/h1-10H,11H2,(H,18,20)/b8-7+. The number of thiazole rings is 1. The van der Waals surface area contributed by atoms with Crippen molar-refractivity contribution in [2.75, 3.05) is 0 Å². The molecule has 2 heterocycles. The van der Waals surface area contributed by atoms with E-state index in [-0.39, 0.29) is 5.91 Å². The molecular formula is C16H13N3OS. The van der Waals surface area contributed by atoms with E-state index >= 15 is 0 Å². The number of amides is 1. The molecule has 1 aromatic carbocycles. The molecule has 0 bridgehead atoms. The second-order valence-corrected chi connectivity index (χ2v) is 5.53. The van der Waals surface area contributed by atoms with Crippen molar-refractivity contribution in [2.24, 2.45) is 0 Å². The molecule has 0 aliphatic rings. The first-order valence-corrected chi connectivity index (χ1v) is 7.33. The van der Waals surface area contributed by atoms with Crippen LogP contribution in [0.5, 0.6) is 0 Å². The van der Waals surface area contributed by atoms with Crippen LogP contribution in [0.2, 0.25) is 0 Å². The van der Waals surface area contributed by atoms with Gasteiger partial charge in [-0.25, -0.2) is 4.98 Å². The Hall–Kier alpha value is -2.53. The maximum Gasteiger partial charge on any atom is 0.244 e. The SMILES string of the molecule is O=C(/C=C/c1cccnc1)NCc1nc2ccccc2s1. The largest absolute Gasteiger partial charge is 0.346 e. The first-order chi connectivity index (χ1) is 10.3. The minimum Gasteiger partial charge on any atom is -0.346 e. The molecule has 5 heteroatoms. The van der Waals surface area contributed by atoms with Crippen LogP contribution in [0.3, 0.4) is 0 Å². The average molecular weight is 295 g/mol. The Morgan fingerprint density at radius 2 is 2.14 bits per heavy atom. The molecule has 3 aromatic rings. The van der Waals surface area contributed by atoms with Crippen LogP contribution in [0.15, 0.2) is 54.9 Å². The van der Waals surface area contributed by atoms with Crippen molar-refractivity contribution >= 4 is 33.5 Å². The molecule has 1 N–H and O–H groups in total. The molecule has 1 amide bonds. The first kappa shape index (κ1) is 13.5. The van der Waals surface area contributed by atoms with Gasteiger partial charge in [0.1, 0.15) is 5.01 Å². The summed E-state index contributed by atoms with van der Waals surface area (Å²) in [5, 5.41) is 3.73. The summed E-state index contributed by atoms with van der Waals surface area (Å²) in [5.41, 5.74) is 1.87. The van der Waals surface area contributed by atoms with Crippen molar-refractivity contribution in [3.8, 4) is 0 Å². The maximum atomic E-state index is 11.8. The molecule has 0 atom stereocenters. The van der Waals surface area contributed by atoms with Crippen LogP contribution in [0.1, 0.15) is 10.6 Å². The number of hydrogen-bond acceptors (Lipinski definition) is 4. The van der Waals surface area contributed by atoms with Gasteiger partial charge >= 0.3 is 0 Å². The normalized spacial score (nSPS) is 11.0. The quantitative estimate of drug-likeness (QED) is 0.753. The zero-order valence-electron chi connectivity index (χ0n) is 11.2. The Balaban J connectivity index is 1.59. The number of nitrogens with one attached hydrogen (secondary N) is 1. The Morgan fingerprint density at radius 3 is 2.95 bits per heavy atom. The number of aromatic nitrogens is 2. The van der Waals surface area contributed by atoms with Gasteiger partial charge in [0.2, 0.25) is 5.91 Å². The molecule has 0 saturated heterocycles. The number of pyridine rings is 1. The van der Waals surface area contributed by atoms with Crippen molar-refractivity contribution in [3.63, 3.8) is 0 Å². The number of nitrogens with zero attached hydrogens (tertiary/aromatic N) is 2. The van der Waals surface area contributed by atoms with Gasteiger partial charge in [0.15, 0.2) is 0 Å². The molecule has 21 heavy (non-hydrogen) atoms. The molecule has 3 rings (SSSR count). The smallest absolute Gasteiger partial charge is 0.244 e. The lowest BCUT2D eigenvalue weighted by Crippen LogP contribution is -2.19. The lowest BCUT2D eigenvalue weighted by atomic mass is 10.2. The molecule has 0 spiro atoms. The van der Waals surface area contributed by atoms with E-state index in [0.717, 1.165) is 20.8 Å². The fraction of sp³-hybridized carbons (Fsp3) is 0.0625. The summed E-state index contributed by atoms with van der Waals surface area (Å²) in [5.74, 6) is -0.141. The van der Waals surface area contributed by atoms with Crippen LogP contribution < -0.4 is 5.32 Å². The van der Waals surface area contributed by atoms with E-state index in [0.29, 0.717) is 6.54 Å². The monoisotopic (exact) mass is 295 g/mol. The highest BCUT2D eigenvalue weighted by atomic mass is 32.1. The van der Waals surface area contributed by atoms with E-state index in [1.165, 1.54) is 6.08 Å². The average Bonchev–Trinajstić information content (AvgIpc) is 2.95. The van der Waals surface area contributed by atoms with E-state index in [1.807, 2.05) is 36.4 Å². The highest BCUT2D eigenvalue weighted by Crippen LogP contribution is 2.21. The highest BCUT2D eigenvalue weighted by Gasteiger charge is 2.03. The van der Waals surface area contributed by atoms with Crippen LogP contribution in [-0.2, 0) is 11.3 Å². The van der Waals surface area contributed by atoms with Gasteiger partial charge in [-0.05, 0) is 29.8 Å². The van der Waals surface area contributed by atoms with Gasteiger partial charge in [0.25, 0.3) is 0 Å². The highest BCUT2D eigenvalue weighted by molar-refractivity contribution is 7.18. The van der Waals surface area contributed by atoms with Crippen LogP contribution in [0, 0.1) is 0 Å². The molecular weight excluding hydrogens is 282 g/mol. The van der Waals surface area contributed by atoms with Gasteiger partial charge < -0.3 is 5.32 Å². The zero-order chi connectivity index (χ0) is 14.5. The van der Waals surface area contributed by atoms with E-state index in [4.69, 9.17) is 0 Å². The predicted molar refractivity (Wildman–Crippen MR) is 84.7 cm³/mol. The molecule has 2 aromatic heterocycles. The Bertz CT molecular complexity index is 747. The summed E-state index contributed by atoms with van der Waals surface area (Å²) < 4.78 is 1.13. The Labute approximate surface area is 126 Å². The first-order valence-electron chi connectivity index (χ1n) is 6.52. The van der Waals surface area contributed by atoms with E-state index < -0.39 is 0 Å². The molecule has 104 valence electrons. The summed E-state index contributed by atoms with van der Waals surface area (Å²) >= 11 is 1.59. The second kappa shape index (κ2) is 6.28. The summed E-state index contributed by atoms with van der Waals surface area (Å²) in [6.07, 6.45) is 6.65. The summed E-state index contributed by atoms with van der Waals surface area (Å²) in [6.45, 7) is 0.440. The Kier molecular flexibility index (Phi) is 4.02. The number of carbonyl (C=O) groups excluding carboxylic acids is 1. The third-order valence-electron chi connectivity index (χ3n) is 2.86. The molecule has 0 aliphatic carbocycles. The van der Waals surface area contributed by atoms with Gasteiger partial charge in [0.05, 0.1) is 16.8 Å². The van der Waals surface area contributed by atoms with Crippen LogP contribution in [0.4, 0.5) is 0 Å². The van der Waals surface area contributed by atoms with Crippen molar-refractivity contribution < 1.29 is 4.79 Å². The number of para-hydroxylation sites is 1. The lowest BCUT2D eigenvalue weighted by molar-refractivity contribution is -0.116. The fourth-order valence-electron chi connectivity index (χ4n) is 1.86. The van der Waals surface area contributed by atoms with Crippen molar-refractivity contribution in [3.05, 3.63) is 65.4 Å². The van der Waals surface area contributed by atoms with Crippen LogP contribution in [-0.4, -0.2) is 15.9 Å². The topological polar surface area (TPSA) is 54.9 Å². The maximum absolute atomic E-state index is 11.8. The molecule has 0 unspecified atom stereocenters. The van der Waals surface area contributed by atoms with Gasteiger partial charge in [0, 0.05) is 18.5 Å². The zero-order valence-corrected chi connectivity index (χ0v) is 12.0. The Morgan fingerprint density at radius 1 is 1.24 bits per heavy atom. The number of hydrogen-bond donors (Lipinski definition) is 1. The van der Waals surface area contributed by atoms with Gasteiger partial charge in [-0.2, -0.15) is 0 Å². The van der Waals surface area contributed by atoms with Gasteiger partial charge in [-0.3, -0.25) is 9.78 Å². The lowest BCUT2D eigenvalue weighted by Gasteiger charge is -1.97. The van der Waals surface area contributed by atoms with E-state index in [9.17, 15) is 4.79 Å². The van der Waals surface area contributed by atoms with Crippen molar-refractivity contribution in [1.82, 2.24) is 15.3 Å². The van der Waals surface area contributed by atoms with E-state index in [1.54, 1.807) is 29.8 Å². The number of rotatable bonds is 4. The number of carbonyl (C=O) groups is 1. The summed E-state index contributed by atoms with van der Waals surface area (Å²) in [6, 6.07) is 11.7. The minimum absolute atomic E-state index is 0.141. The second-order valence-electron chi connectivity index (χ2n) is 4.41. The van der Waals surface area contributed by atoms with E-state index in [2.05, 4.69) is 15.3 Å². The third kappa shape index (κ3) is 3.52. The van der Waals surface area contributed by atoms with Crippen LogP contribution in [0.25, 0.3) is 16.3 Å².